The van der Waals surface area contributed by atoms with Crippen molar-refractivity contribution in [2.45, 2.75) is 25.4 Å². The van der Waals surface area contributed by atoms with E-state index < -0.39 is 0 Å². The van der Waals surface area contributed by atoms with Crippen LogP contribution in [0.3, 0.4) is 0 Å². The Balaban J connectivity index is 1.40. The first kappa shape index (κ1) is 12.0. The molecule has 98 valence electrons. The van der Waals surface area contributed by atoms with E-state index >= 15 is 0 Å². The molecule has 0 aliphatic carbocycles. The van der Waals surface area contributed by atoms with Gasteiger partial charge in [-0.15, -0.1) is 0 Å². The van der Waals surface area contributed by atoms with Crippen molar-refractivity contribution in [2.75, 3.05) is 26.3 Å². The van der Waals surface area contributed by atoms with E-state index in [1.54, 1.807) is 0 Å². The summed E-state index contributed by atoms with van der Waals surface area (Å²) in [5.41, 5.74) is 1.31. The van der Waals surface area contributed by atoms with Crippen LogP contribution in [0.4, 0.5) is 0 Å². The van der Waals surface area contributed by atoms with Crippen molar-refractivity contribution in [3.8, 4) is 5.75 Å². The second-order valence-electron chi connectivity index (χ2n) is 5.28. The summed E-state index contributed by atoms with van der Waals surface area (Å²) in [6.45, 7) is 3.88. The van der Waals surface area contributed by atoms with Crippen LogP contribution in [-0.2, 0) is 11.2 Å². The van der Waals surface area contributed by atoms with Gasteiger partial charge in [-0.3, -0.25) is 0 Å². The fourth-order valence-electron chi connectivity index (χ4n) is 2.76. The lowest BCUT2D eigenvalue weighted by atomic mass is 9.99. The van der Waals surface area contributed by atoms with Crippen molar-refractivity contribution in [1.82, 2.24) is 5.32 Å². The van der Waals surface area contributed by atoms with E-state index in [2.05, 4.69) is 17.4 Å². The van der Waals surface area contributed by atoms with Gasteiger partial charge in [0.2, 0.25) is 0 Å². The Morgan fingerprint density at radius 2 is 2.00 bits per heavy atom. The van der Waals surface area contributed by atoms with Gasteiger partial charge in [0.05, 0.1) is 6.61 Å². The minimum atomic E-state index is 0.212. The predicted octanol–water partition coefficient (Wildman–Crippen LogP) is 2.01. The number of piperidine rings is 1. The van der Waals surface area contributed by atoms with Crippen LogP contribution < -0.4 is 10.1 Å². The van der Waals surface area contributed by atoms with Crippen molar-refractivity contribution in [3.63, 3.8) is 0 Å². The molecule has 0 saturated carbocycles. The minimum Gasteiger partial charge on any atom is -0.487 e. The molecule has 2 aliphatic rings. The molecule has 1 unspecified atom stereocenters. The van der Waals surface area contributed by atoms with Crippen LogP contribution in [0.1, 0.15) is 18.4 Å². The molecule has 3 nitrogen and oxygen atoms in total. The SMILES string of the molecule is c1ccc2c(c1)CC(COCC1CCNCC1)O2. The lowest BCUT2D eigenvalue weighted by Crippen LogP contribution is -2.31. The number of ether oxygens (including phenoxy) is 2. The summed E-state index contributed by atoms with van der Waals surface area (Å²) in [4.78, 5) is 0. The standard InChI is InChI=1S/C15H21NO2/c1-2-4-15-13(3-1)9-14(18-15)11-17-10-12-5-7-16-8-6-12/h1-4,12,14,16H,5-11H2. The third-order valence-electron chi connectivity index (χ3n) is 3.83. The summed E-state index contributed by atoms with van der Waals surface area (Å²) in [5.74, 6) is 1.77. The average molecular weight is 247 g/mol. The van der Waals surface area contributed by atoms with Crippen molar-refractivity contribution in [1.29, 1.82) is 0 Å². The molecule has 1 saturated heterocycles. The molecule has 1 aromatic rings. The van der Waals surface area contributed by atoms with Gasteiger partial charge in [0.1, 0.15) is 11.9 Å². The molecule has 0 bridgehead atoms. The number of hydrogen-bond donors (Lipinski definition) is 1. The fraction of sp³-hybridized carbons (Fsp3) is 0.600. The van der Waals surface area contributed by atoms with Gasteiger partial charge in [0.15, 0.2) is 0 Å². The van der Waals surface area contributed by atoms with Crippen LogP contribution in [0, 0.1) is 5.92 Å². The highest BCUT2D eigenvalue weighted by atomic mass is 16.5. The number of rotatable bonds is 4. The topological polar surface area (TPSA) is 30.5 Å². The van der Waals surface area contributed by atoms with Gasteiger partial charge in [-0.1, -0.05) is 18.2 Å². The molecule has 2 heterocycles. The van der Waals surface area contributed by atoms with Crippen LogP contribution in [0.15, 0.2) is 24.3 Å². The van der Waals surface area contributed by atoms with E-state index in [9.17, 15) is 0 Å². The van der Waals surface area contributed by atoms with E-state index in [0.717, 1.165) is 44.4 Å². The van der Waals surface area contributed by atoms with E-state index in [1.165, 1.54) is 18.4 Å². The van der Waals surface area contributed by atoms with E-state index in [-0.39, 0.29) is 6.10 Å². The predicted molar refractivity (Wildman–Crippen MR) is 71.0 cm³/mol. The highest BCUT2D eigenvalue weighted by Crippen LogP contribution is 2.28. The summed E-state index contributed by atoms with van der Waals surface area (Å²) in [5, 5.41) is 3.38. The molecular weight excluding hydrogens is 226 g/mol. The molecule has 0 spiro atoms. The van der Waals surface area contributed by atoms with Crippen LogP contribution in [-0.4, -0.2) is 32.4 Å². The fourth-order valence-corrected chi connectivity index (χ4v) is 2.76. The zero-order valence-electron chi connectivity index (χ0n) is 10.7. The second-order valence-corrected chi connectivity index (χ2v) is 5.28. The summed E-state index contributed by atoms with van der Waals surface area (Å²) in [6, 6.07) is 8.28. The summed E-state index contributed by atoms with van der Waals surface area (Å²) < 4.78 is 11.7. The molecule has 0 aromatic heterocycles. The third kappa shape index (κ3) is 2.85. The Bertz CT molecular complexity index is 363. The highest BCUT2D eigenvalue weighted by Gasteiger charge is 2.23. The maximum atomic E-state index is 5.86. The molecule has 3 heteroatoms. The Hall–Kier alpha value is -1.06. The normalized spacial score (nSPS) is 23.7. The number of fused-ring (bicyclic) bond motifs is 1. The van der Waals surface area contributed by atoms with E-state index in [1.807, 2.05) is 12.1 Å². The van der Waals surface area contributed by atoms with Crippen LogP contribution in [0.5, 0.6) is 5.75 Å². The van der Waals surface area contributed by atoms with Crippen LogP contribution in [0.25, 0.3) is 0 Å². The molecule has 0 radical (unpaired) electrons. The highest BCUT2D eigenvalue weighted by molar-refractivity contribution is 5.37. The molecule has 0 amide bonds. The monoisotopic (exact) mass is 247 g/mol. The largest absolute Gasteiger partial charge is 0.487 e. The van der Waals surface area contributed by atoms with Crippen molar-refractivity contribution in [2.24, 2.45) is 5.92 Å². The third-order valence-corrected chi connectivity index (χ3v) is 3.83. The molecule has 3 rings (SSSR count). The van der Waals surface area contributed by atoms with Crippen molar-refractivity contribution in [3.05, 3.63) is 29.8 Å². The lowest BCUT2D eigenvalue weighted by molar-refractivity contribution is 0.0352. The Morgan fingerprint density at radius 1 is 1.17 bits per heavy atom. The second kappa shape index (κ2) is 5.72. The first-order valence-corrected chi connectivity index (χ1v) is 6.95. The van der Waals surface area contributed by atoms with Gasteiger partial charge < -0.3 is 14.8 Å². The van der Waals surface area contributed by atoms with Gasteiger partial charge in [-0.2, -0.15) is 0 Å². The molecule has 1 N–H and O–H groups in total. The molecule has 2 aliphatic heterocycles. The summed E-state index contributed by atoms with van der Waals surface area (Å²) in [6.07, 6.45) is 3.68. The zero-order valence-corrected chi connectivity index (χ0v) is 10.7. The molecule has 18 heavy (non-hydrogen) atoms. The smallest absolute Gasteiger partial charge is 0.126 e. The van der Waals surface area contributed by atoms with E-state index in [4.69, 9.17) is 9.47 Å². The molecular formula is C15H21NO2. The number of para-hydroxylation sites is 1. The molecule has 1 atom stereocenters. The first-order valence-electron chi connectivity index (χ1n) is 6.95. The van der Waals surface area contributed by atoms with Crippen LogP contribution >= 0.6 is 0 Å². The minimum absolute atomic E-state index is 0.212. The Kier molecular flexibility index (Phi) is 3.81. The van der Waals surface area contributed by atoms with Crippen molar-refractivity contribution < 1.29 is 9.47 Å². The maximum absolute atomic E-state index is 5.86. The van der Waals surface area contributed by atoms with Crippen LogP contribution in [0.2, 0.25) is 0 Å². The summed E-state index contributed by atoms with van der Waals surface area (Å²) >= 11 is 0. The van der Waals surface area contributed by atoms with E-state index in [0.29, 0.717) is 0 Å². The summed E-state index contributed by atoms with van der Waals surface area (Å²) in [7, 11) is 0. The van der Waals surface area contributed by atoms with Crippen molar-refractivity contribution >= 4 is 0 Å². The lowest BCUT2D eigenvalue weighted by Gasteiger charge is -2.23. The van der Waals surface area contributed by atoms with Gasteiger partial charge in [0, 0.05) is 13.0 Å². The first-order chi connectivity index (χ1) is 8.92. The maximum Gasteiger partial charge on any atom is 0.126 e. The number of nitrogens with one attached hydrogen (secondary N) is 1. The Morgan fingerprint density at radius 3 is 2.83 bits per heavy atom. The number of benzene rings is 1. The number of hydrogen-bond acceptors (Lipinski definition) is 3. The Labute approximate surface area is 108 Å². The van der Waals surface area contributed by atoms with Gasteiger partial charge in [0.25, 0.3) is 0 Å². The van der Waals surface area contributed by atoms with Gasteiger partial charge >= 0.3 is 0 Å². The van der Waals surface area contributed by atoms with Gasteiger partial charge in [-0.05, 0) is 43.5 Å². The zero-order chi connectivity index (χ0) is 12.2. The molecule has 1 aromatic carbocycles. The van der Waals surface area contributed by atoms with Gasteiger partial charge in [-0.25, -0.2) is 0 Å². The quantitative estimate of drug-likeness (QED) is 0.883. The molecule has 1 fully saturated rings. The average Bonchev–Trinajstić information content (AvgIpc) is 2.82.